The Morgan fingerprint density at radius 3 is 2.65 bits per heavy atom. The maximum atomic E-state index is 11.6. The van der Waals surface area contributed by atoms with Crippen molar-refractivity contribution in [1.82, 2.24) is 9.55 Å². The molecule has 0 spiro atoms. The second-order valence-electron chi connectivity index (χ2n) is 3.44. The molecule has 17 heavy (non-hydrogen) atoms. The molecule has 0 radical (unpaired) electrons. The van der Waals surface area contributed by atoms with E-state index in [1.54, 1.807) is 6.92 Å². The number of halogens is 2. The lowest BCUT2D eigenvalue weighted by molar-refractivity contribution is 0.583. The van der Waals surface area contributed by atoms with Crippen LogP contribution in [0.1, 0.15) is 13.3 Å². The standard InChI is InChI=1S/C9H12Cl2N2O3S/c1-2-17(15,16)5-3-4-13-6-12-8(11)7(10)9(13)14/h6H,2-5H2,1H3. The highest BCUT2D eigenvalue weighted by Gasteiger charge is 2.10. The van der Waals surface area contributed by atoms with E-state index in [-0.39, 0.29) is 28.2 Å². The van der Waals surface area contributed by atoms with Crippen LogP contribution in [-0.2, 0) is 16.4 Å². The average Bonchev–Trinajstić information content (AvgIpc) is 2.29. The summed E-state index contributed by atoms with van der Waals surface area (Å²) >= 11 is 11.2. The van der Waals surface area contributed by atoms with Gasteiger partial charge in [0, 0.05) is 12.3 Å². The van der Waals surface area contributed by atoms with Crippen molar-refractivity contribution in [3.05, 3.63) is 26.9 Å². The fraction of sp³-hybridized carbons (Fsp3) is 0.556. The van der Waals surface area contributed by atoms with Crippen LogP contribution < -0.4 is 5.56 Å². The van der Waals surface area contributed by atoms with Gasteiger partial charge in [-0.25, -0.2) is 13.4 Å². The van der Waals surface area contributed by atoms with E-state index >= 15 is 0 Å². The van der Waals surface area contributed by atoms with Gasteiger partial charge in [-0.1, -0.05) is 30.1 Å². The van der Waals surface area contributed by atoms with Crippen molar-refractivity contribution < 1.29 is 8.42 Å². The van der Waals surface area contributed by atoms with Crippen LogP contribution >= 0.6 is 23.2 Å². The Morgan fingerprint density at radius 2 is 2.06 bits per heavy atom. The molecule has 5 nitrogen and oxygen atoms in total. The van der Waals surface area contributed by atoms with Crippen molar-refractivity contribution in [3.8, 4) is 0 Å². The zero-order valence-corrected chi connectivity index (χ0v) is 11.5. The van der Waals surface area contributed by atoms with Crippen molar-refractivity contribution >= 4 is 33.0 Å². The summed E-state index contributed by atoms with van der Waals surface area (Å²) < 4.78 is 23.7. The molecule has 0 N–H and O–H groups in total. The van der Waals surface area contributed by atoms with Gasteiger partial charge in [-0.15, -0.1) is 0 Å². The minimum atomic E-state index is -3.02. The molecular formula is C9H12Cl2N2O3S. The zero-order valence-electron chi connectivity index (χ0n) is 9.19. The Morgan fingerprint density at radius 1 is 1.41 bits per heavy atom. The van der Waals surface area contributed by atoms with E-state index in [1.165, 1.54) is 10.9 Å². The summed E-state index contributed by atoms with van der Waals surface area (Å²) in [5.74, 6) is 0.137. The molecule has 0 atom stereocenters. The Balaban J connectivity index is 2.72. The van der Waals surface area contributed by atoms with E-state index in [4.69, 9.17) is 23.2 Å². The third-order valence-electron chi connectivity index (χ3n) is 2.23. The lowest BCUT2D eigenvalue weighted by atomic mass is 10.4. The highest BCUT2D eigenvalue weighted by molar-refractivity contribution is 7.91. The van der Waals surface area contributed by atoms with Gasteiger partial charge in [-0.3, -0.25) is 9.36 Å². The van der Waals surface area contributed by atoms with Crippen molar-refractivity contribution in [1.29, 1.82) is 0 Å². The first-order valence-electron chi connectivity index (χ1n) is 4.98. The molecule has 0 aromatic carbocycles. The monoisotopic (exact) mass is 298 g/mol. The smallest absolute Gasteiger partial charge is 0.273 e. The fourth-order valence-electron chi connectivity index (χ4n) is 1.20. The van der Waals surface area contributed by atoms with Gasteiger partial charge in [-0.2, -0.15) is 0 Å². The second-order valence-corrected chi connectivity index (χ2v) is 6.65. The van der Waals surface area contributed by atoms with Crippen LogP contribution in [0, 0.1) is 0 Å². The van der Waals surface area contributed by atoms with E-state index in [0.717, 1.165) is 0 Å². The van der Waals surface area contributed by atoms with Crippen molar-refractivity contribution in [3.63, 3.8) is 0 Å². The van der Waals surface area contributed by atoms with Gasteiger partial charge in [0.1, 0.15) is 14.9 Å². The first kappa shape index (κ1) is 14.5. The molecule has 0 fully saturated rings. The van der Waals surface area contributed by atoms with Crippen LogP contribution in [0.15, 0.2) is 11.1 Å². The maximum Gasteiger partial charge on any atom is 0.273 e. The van der Waals surface area contributed by atoms with Gasteiger partial charge >= 0.3 is 0 Å². The Hall–Kier alpha value is -0.590. The van der Waals surface area contributed by atoms with Crippen LogP contribution in [0.5, 0.6) is 0 Å². The highest BCUT2D eigenvalue weighted by Crippen LogP contribution is 2.12. The van der Waals surface area contributed by atoms with Gasteiger partial charge in [-0.05, 0) is 6.42 Å². The van der Waals surface area contributed by atoms with E-state index in [0.29, 0.717) is 6.42 Å². The summed E-state index contributed by atoms with van der Waals surface area (Å²) in [4.78, 5) is 15.3. The molecule has 0 saturated heterocycles. The molecule has 0 aliphatic rings. The molecule has 0 bridgehead atoms. The lowest BCUT2D eigenvalue weighted by Crippen LogP contribution is -2.22. The minimum absolute atomic E-state index is 0.0379. The number of aryl methyl sites for hydroxylation is 1. The SMILES string of the molecule is CCS(=O)(=O)CCCn1cnc(Cl)c(Cl)c1=O. The highest BCUT2D eigenvalue weighted by atomic mass is 35.5. The van der Waals surface area contributed by atoms with Crippen molar-refractivity contribution in [2.24, 2.45) is 0 Å². The molecule has 96 valence electrons. The van der Waals surface area contributed by atoms with Gasteiger partial charge in [0.05, 0.1) is 12.1 Å². The first-order valence-corrected chi connectivity index (χ1v) is 7.56. The number of rotatable bonds is 5. The van der Waals surface area contributed by atoms with Gasteiger partial charge in [0.2, 0.25) is 0 Å². The van der Waals surface area contributed by atoms with Crippen LogP contribution in [0.3, 0.4) is 0 Å². The summed E-state index contributed by atoms with van der Waals surface area (Å²) in [5.41, 5.74) is -0.458. The predicted molar refractivity (Wildman–Crippen MR) is 67.5 cm³/mol. The number of hydrogen-bond acceptors (Lipinski definition) is 4. The molecule has 0 aliphatic heterocycles. The lowest BCUT2D eigenvalue weighted by Gasteiger charge is -2.05. The van der Waals surface area contributed by atoms with Crippen molar-refractivity contribution in [2.75, 3.05) is 11.5 Å². The van der Waals surface area contributed by atoms with E-state index in [9.17, 15) is 13.2 Å². The molecule has 0 saturated carbocycles. The molecular weight excluding hydrogens is 287 g/mol. The summed E-state index contributed by atoms with van der Waals surface area (Å²) in [5, 5.41) is -0.193. The molecule has 0 unspecified atom stereocenters. The second kappa shape index (κ2) is 5.84. The molecule has 1 rings (SSSR count). The largest absolute Gasteiger partial charge is 0.298 e. The molecule has 0 amide bonds. The van der Waals surface area contributed by atoms with Crippen LogP contribution in [0.2, 0.25) is 10.2 Å². The van der Waals surface area contributed by atoms with Crippen LogP contribution in [-0.4, -0.2) is 29.5 Å². The average molecular weight is 299 g/mol. The number of nitrogens with zero attached hydrogens (tertiary/aromatic N) is 2. The van der Waals surface area contributed by atoms with E-state index in [2.05, 4.69) is 4.98 Å². The quantitative estimate of drug-likeness (QED) is 0.770. The van der Waals surface area contributed by atoms with Gasteiger partial charge in [0.25, 0.3) is 5.56 Å². The summed E-state index contributed by atoms with van der Waals surface area (Å²) in [6, 6.07) is 0. The molecule has 1 aromatic rings. The summed E-state index contributed by atoms with van der Waals surface area (Å²) in [6.07, 6.45) is 1.60. The van der Waals surface area contributed by atoms with Crippen LogP contribution in [0.25, 0.3) is 0 Å². The topological polar surface area (TPSA) is 69.0 Å². The number of hydrogen-bond donors (Lipinski definition) is 0. The molecule has 1 heterocycles. The zero-order chi connectivity index (χ0) is 13.1. The minimum Gasteiger partial charge on any atom is -0.298 e. The van der Waals surface area contributed by atoms with E-state index in [1.807, 2.05) is 0 Å². The normalized spacial score (nSPS) is 11.7. The molecule has 8 heteroatoms. The predicted octanol–water partition coefficient (Wildman–Crippen LogP) is 1.37. The van der Waals surface area contributed by atoms with Gasteiger partial charge < -0.3 is 0 Å². The Labute approximate surface area is 109 Å². The van der Waals surface area contributed by atoms with Crippen molar-refractivity contribution in [2.45, 2.75) is 19.9 Å². The Kier molecular flexibility index (Phi) is 4.97. The van der Waals surface area contributed by atoms with Gasteiger partial charge in [0.15, 0.2) is 5.15 Å². The fourth-order valence-corrected chi connectivity index (χ4v) is 2.34. The Bertz CT molecular complexity index is 554. The summed E-state index contributed by atoms with van der Waals surface area (Å²) in [7, 11) is -3.02. The van der Waals surface area contributed by atoms with E-state index < -0.39 is 15.4 Å². The van der Waals surface area contributed by atoms with Crippen LogP contribution in [0.4, 0.5) is 0 Å². The number of sulfone groups is 1. The first-order chi connectivity index (χ1) is 7.87. The maximum absolute atomic E-state index is 11.6. The third kappa shape index (κ3) is 3.97. The third-order valence-corrected chi connectivity index (χ3v) is 4.75. The number of aromatic nitrogens is 2. The molecule has 1 aromatic heterocycles. The summed E-state index contributed by atoms with van der Waals surface area (Å²) in [6.45, 7) is 1.84. The molecule has 0 aliphatic carbocycles.